The number of hydrogen-bond acceptors (Lipinski definition) is 5. The molecule has 43 heavy (non-hydrogen) atoms. The van der Waals surface area contributed by atoms with Crippen LogP contribution in [0.5, 0.6) is 0 Å². The summed E-state index contributed by atoms with van der Waals surface area (Å²) in [6.45, 7) is 7.53. The molecule has 3 aliphatic rings. The number of nitrogens with one attached hydrogen (secondary N) is 2. The fourth-order valence-electron chi connectivity index (χ4n) is 6.53. The van der Waals surface area contributed by atoms with Crippen LogP contribution in [0, 0.1) is 13.8 Å². The van der Waals surface area contributed by atoms with E-state index >= 15 is 0 Å². The summed E-state index contributed by atoms with van der Waals surface area (Å²) in [7, 11) is -3.80. The SMILES string of the molecule is Cc1[nH]c(C=C2C(=O)Nc3ccc(S(=O)(=O)Cc4cccc(Cl)c4Cl)cc32)c(C)c1C(=O)N1CCC(N2CCCC2)CC1. The van der Waals surface area contributed by atoms with Gasteiger partial charge in [0.2, 0.25) is 0 Å². The Morgan fingerprint density at radius 2 is 1.77 bits per heavy atom. The first-order valence-electron chi connectivity index (χ1n) is 14.6. The van der Waals surface area contributed by atoms with Crippen molar-refractivity contribution in [3.05, 3.63) is 80.1 Å². The zero-order chi connectivity index (χ0) is 30.5. The van der Waals surface area contributed by atoms with E-state index in [2.05, 4.69) is 15.2 Å². The number of hydrogen-bond donors (Lipinski definition) is 2. The number of aromatic nitrogens is 1. The molecule has 0 radical (unpaired) electrons. The molecule has 2 aromatic carbocycles. The Kier molecular flexibility index (Phi) is 8.19. The van der Waals surface area contributed by atoms with E-state index in [1.807, 2.05) is 18.7 Å². The molecular formula is C32H34Cl2N4O4S. The number of rotatable bonds is 6. The van der Waals surface area contributed by atoms with Gasteiger partial charge >= 0.3 is 0 Å². The maximum Gasteiger partial charge on any atom is 0.256 e. The van der Waals surface area contributed by atoms with Crippen molar-refractivity contribution < 1.29 is 18.0 Å². The molecule has 4 heterocycles. The van der Waals surface area contributed by atoms with Gasteiger partial charge in [-0.2, -0.15) is 0 Å². The molecule has 8 nitrogen and oxygen atoms in total. The highest BCUT2D eigenvalue weighted by Gasteiger charge is 2.32. The average molecular weight is 642 g/mol. The molecule has 3 aliphatic heterocycles. The highest BCUT2D eigenvalue weighted by atomic mass is 35.5. The van der Waals surface area contributed by atoms with Crippen molar-refractivity contribution in [3.63, 3.8) is 0 Å². The van der Waals surface area contributed by atoms with Crippen LogP contribution in [0.4, 0.5) is 5.69 Å². The highest BCUT2D eigenvalue weighted by Crippen LogP contribution is 2.37. The molecule has 2 N–H and O–H groups in total. The minimum absolute atomic E-state index is 0.0000938. The molecule has 0 unspecified atom stereocenters. The third-order valence-corrected chi connectivity index (χ3v) is 11.4. The van der Waals surface area contributed by atoms with Crippen LogP contribution in [0.2, 0.25) is 10.0 Å². The predicted octanol–water partition coefficient (Wildman–Crippen LogP) is 6.11. The molecular weight excluding hydrogens is 607 g/mol. The molecule has 2 saturated heterocycles. The minimum Gasteiger partial charge on any atom is -0.358 e. The Labute approximate surface area is 262 Å². The van der Waals surface area contributed by atoms with Crippen molar-refractivity contribution in [2.24, 2.45) is 0 Å². The Balaban J connectivity index is 1.25. The first kappa shape index (κ1) is 29.9. The van der Waals surface area contributed by atoms with Crippen LogP contribution >= 0.6 is 23.2 Å². The van der Waals surface area contributed by atoms with Crippen LogP contribution in [0.15, 0.2) is 41.3 Å². The van der Waals surface area contributed by atoms with Crippen molar-refractivity contribution in [3.8, 4) is 0 Å². The molecule has 0 aliphatic carbocycles. The summed E-state index contributed by atoms with van der Waals surface area (Å²) < 4.78 is 26.7. The summed E-state index contributed by atoms with van der Waals surface area (Å²) in [5.74, 6) is -0.674. The molecule has 2 fully saturated rings. The van der Waals surface area contributed by atoms with Gasteiger partial charge in [0.15, 0.2) is 9.84 Å². The Morgan fingerprint density at radius 1 is 1.05 bits per heavy atom. The minimum atomic E-state index is -3.80. The maximum absolute atomic E-state index is 13.6. The van der Waals surface area contributed by atoms with Crippen molar-refractivity contribution in [2.75, 3.05) is 31.5 Å². The number of benzene rings is 2. The van der Waals surface area contributed by atoms with Gasteiger partial charge in [0.05, 0.1) is 31.8 Å². The van der Waals surface area contributed by atoms with E-state index in [0.717, 1.165) is 50.3 Å². The molecule has 1 aromatic heterocycles. The van der Waals surface area contributed by atoms with Gasteiger partial charge in [0, 0.05) is 41.8 Å². The zero-order valence-electron chi connectivity index (χ0n) is 24.2. The van der Waals surface area contributed by atoms with Gasteiger partial charge in [-0.25, -0.2) is 8.42 Å². The van der Waals surface area contributed by atoms with Crippen LogP contribution in [-0.2, 0) is 20.4 Å². The number of anilines is 1. The van der Waals surface area contributed by atoms with E-state index in [1.165, 1.54) is 25.0 Å². The van der Waals surface area contributed by atoms with Crippen LogP contribution in [0.3, 0.4) is 0 Å². The molecule has 226 valence electrons. The number of halogens is 2. The molecule has 6 rings (SSSR count). The number of sulfone groups is 1. The smallest absolute Gasteiger partial charge is 0.256 e. The van der Waals surface area contributed by atoms with Crippen LogP contribution in [0.1, 0.15) is 64.1 Å². The number of carbonyl (C=O) groups is 2. The Morgan fingerprint density at radius 3 is 2.49 bits per heavy atom. The third-order valence-electron chi connectivity index (χ3n) is 8.90. The van der Waals surface area contributed by atoms with E-state index in [0.29, 0.717) is 39.7 Å². The average Bonchev–Trinajstić information content (AvgIpc) is 3.69. The van der Waals surface area contributed by atoms with Gasteiger partial charge in [0.1, 0.15) is 0 Å². The third kappa shape index (κ3) is 5.76. The summed E-state index contributed by atoms with van der Waals surface area (Å²) in [6.07, 6.45) is 6.19. The van der Waals surface area contributed by atoms with Crippen molar-refractivity contribution in [2.45, 2.75) is 56.2 Å². The normalized spacial score (nSPS) is 18.8. The second-order valence-corrected chi connectivity index (χ2v) is 14.4. The van der Waals surface area contributed by atoms with Crippen molar-refractivity contribution in [1.82, 2.24) is 14.8 Å². The molecule has 3 aromatic rings. The van der Waals surface area contributed by atoms with Crippen molar-refractivity contribution in [1.29, 1.82) is 0 Å². The monoisotopic (exact) mass is 640 g/mol. The van der Waals surface area contributed by atoms with Gasteiger partial charge in [-0.1, -0.05) is 35.3 Å². The maximum atomic E-state index is 13.6. The second-order valence-electron chi connectivity index (χ2n) is 11.6. The predicted molar refractivity (Wildman–Crippen MR) is 170 cm³/mol. The van der Waals surface area contributed by atoms with E-state index in [-0.39, 0.29) is 32.5 Å². The number of nitrogens with zero attached hydrogens (tertiary/aromatic N) is 2. The van der Waals surface area contributed by atoms with E-state index in [9.17, 15) is 18.0 Å². The molecule has 0 atom stereocenters. The second kappa shape index (κ2) is 11.8. The molecule has 0 spiro atoms. The van der Waals surface area contributed by atoms with Gasteiger partial charge in [-0.3, -0.25) is 9.59 Å². The number of carbonyl (C=O) groups excluding carboxylic acids is 2. The first-order chi connectivity index (χ1) is 20.5. The molecule has 0 saturated carbocycles. The fourth-order valence-corrected chi connectivity index (χ4v) is 8.39. The summed E-state index contributed by atoms with van der Waals surface area (Å²) in [4.78, 5) is 34.5. The van der Waals surface area contributed by atoms with Gasteiger partial charge in [-0.05, 0) is 94.1 Å². The first-order valence-corrected chi connectivity index (χ1v) is 17.0. The number of piperidine rings is 1. The lowest BCUT2D eigenvalue weighted by atomic mass is 10.0. The molecule has 0 bridgehead atoms. The zero-order valence-corrected chi connectivity index (χ0v) is 26.5. The number of H-pyrrole nitrogens is 1. The number of likely N-dealkylation sites (tertiary alicyclic amines) is 2. The molecule has 2 amide bonds. The van der Waals surface area contributed by atoms with E-state index in [1.54, 1.807) is 30.3 Å². The van der Waals surface area contributed by atoms with E-state index < -0.39 is 9.84 Å². The Hall–Kier alpha value is -3.11. The number of aromatic amines is 1. The summed E-state index contributed by atoms with van der Waals surface area (Å²) in [5, 5.41) is 3.30. The van der Waals surface area contributed by atoms with E-state index in [4.69, 9.17) is 23.2 Å². The number of aryl methyl sites for hydroxylation is 1. The van der Waals surface area contributed by atoms with Crippen LogP contribution in [-0.4, -0.2) is 67.2 Å². The Bertz CT molecular complexity index is 1750. The summed E-state index contributed by atoms with van der Waals surface area (Å²) in [6, 6.07) is 10.0. The number of amides is 2. The largest absolute Gasteiger partial charge is 0.358 e. The summed E-state index contributed by atoms with van der Waals surface area (Å²) >= 11 is 12.3. The van der Waals surface area contributed by atoms with Crippen molar-refractivity contribution >= 4 is 62.2 Å². The highest BCUT2D eigenvalue weighted by molar-refractivity contribution is 7.90. The standard InChI is InChI=1S/C32H34Cl2N4O4S/c1-19-28(35-20(2)29(19)32(40)38-14-10-22(11-15-38)37-12-3-4-13-37)17-25-24-16-23(8-9-27(24)36-31(25)39)43(41,42)18-21-6-5-7-26(33)30(21)34/h5-9,16-17,22,35H,3-4,10-15,18H2,1-2H3,(H,36,39). The lowest BCUT2D eigenvalue weighted by molar-refractivity contribution is -0.110. The fraction of sp³-hybridized carbons (Fsp3) is 0.375. The van der Waals surface area contributed by atoms with Crippen LogP contribution < -0.4 is 5.32 Å². The van der Waals surface area contributed by atoms with Gasteiger partial charge in [0.25, 0.3) is 11.8 Å². The van der Waals surface area contributed by atoms with Crippen LogP contribution in [0.25, 0.3) is 11.6 Å². The van der Waals surface area contributed by atoms with Gasteiger partial charge < -0.3 is 20.1 Å². The lowest BCUT2D eigenvalue weighted by Crippen LogP contribution is -2.46. The summed E-state index contributed by atoms with van der Waals surface area (Å²) in [5.41, 5.74) is 4.49. The molecule has 11 heteroatoms. The lowest BCUT2D eigenvalue weighted by Gasteiger charge is -2.36. The number of fused-ring (bicyclic) bond motifs is 1. The quantitative estimate of drug-likeness (QED) is 0.317. The topological polar surface area (TPSA) is 103 Å². The van der Waals surface area contributed by atoms with Gasteiger partial charge in [-0.15, -0.1) is 0 Å².